The van der Waals surface area contributed by atoms with Crippen LogP contribution in [0.3, 0.4) is 0 Å². The molecule has 3 aromatic rings. The predicted octanol–water partition coefficient (Wildman–Crippen LogP) is 3.55. The topological polar surface area (TPSA) is 108 Å². The highest BCUT2D eigenvalue weighted by molar-refractivity contribution is 6.05. The van der Waals surface area contributed by atoms with Crippen LogP contribution < -0.4 is 10.1 Å². The largest absolute Gasteiger partial charge is 0.495 e. The minimum Gasteiger partial charge on any atom is -0.495 e. The van der Waals surface area contributed by atoms with Crippen molar-refractivity contribution in [3.05, 3.63) is 76.3 Å². The molecule has 0 saturated heterocycles. The monoisotopic (exact) mass is 380 g/mol. The molecule has 8 heteroatoms. The molecule has 0 aromatic heterocycles. The molecule has 1 N–H and O–H groups in total. The van der Waals surface area contributed by atoms with E-state index in [2.05, 4.69) is 5.32 Å². The van der Waals surface area contributed by atoms with Gasteiger partial charge in [-0.3, -0.25) is 14.9 Å². The number of esters is 1. The fourth-order valence-electron chi connectivity index (χ4n) is 2.71. The quantitative estimate of drug-likeness (QED) is 0.398. The van der Waals surface area contributed by atoms with Gasteiger partial charge in [-0.05, 0) is 22.9 Å². The molecule has 0 unspecified atom stereocenters. The first-order valence-electron chi connectivity index (χ1n) is 8.27. The maximum atomic E-state index is 12.4. The Bertz CT molecular complexity index is 1060. The Balaban J connectivity index is 1.70. The molecule has 3 aromatic carbocycles. The maximum absolute atomic E-state index is 12.4. The van der Waals surface area contributed by atoms with E-state index in [1.807, 2.05) is 18.2 Å². The number of nitro benzene ring substituents is 1. The second-order valence-corrected chi connectivity index (χ2v) is 5.79. The minimum atomic E-state index is -0.646. The zero-order valence-corrected chi connectivity index (χ0v) is 14.9. The molecule has 0 radical (unpaired) electrons. The van der Waals surface area contributed by atoms with E-state index in [0.717, 1.165) is 10.8 Å². The summed E-state index contributed by atoms with van der Waals surface area (Å²) in [7, 11) is 1.37. The van der Waals surface area contributed by atoms with E-state index in [-0.39, 0.29) is 17.1 Å². The van der Waals surface area contributed by atoms with Crippen LogP contribution in [0.1, 0.15) is 10.4 Å². The van der Waals surface area contributed by atoms with Crippen molar-refractivity contribution < 1.29 is 24.0 Å². The number of methoxy groups -OCH3 is 1. The molecule has 0 fully saturated rings. The number of non-ortho nitro benzene ring substituents is 1. The number of rotatable bonds is 6. The predicted molar refractivity (Wildman–Crippen MR) is 103 cm³/mol. The molecule has 0 spiro atoms. The van der Waals surface area contributed by atoms with Crippen LogP contribution in [-0.2, 0) is 9.53 Å². The second kappa shape index (κ2) is 8.17. The van der Waals surface area contributed by atoms with Crippen molar-refractivity contribution in [3.63, 3.8) is 0 Å². The van der Waals surface area contributed by atoms with E-state index >= 15 is 0 Å². The molecule has 142 valence electrons. The average Bonchev–Trinajstić information content (AvgIpc) is 2.71. The van der Waals surface area contributed by atoms with Crippen molar-refractivity contribution in [2.75, 3.05) is 19.0 Å². The Kier molecular flexibility index (Phi) is 5.50. The maximum Gasteiger partial charge on any atom is 0.339 e. The van der Waals surface area contributed by atoms with Gasteiger partial charge in [0.1, 0.15) is 5.75 Å². The van der Waals surface area contributed by atoms with Crippen LogP contribution in [0.5, 0.6) is 5.75 Å². The first kappa shape index (κ1) is 18.8. The van der Waals surface area contributed by atoms with Gasteiger partial charge in [0.25, 0.3) is 11.6 Å². The number of nitrogens with one attached hydrogen (secondary N) is 1. The summed E-state index contributed by atoms with van der Waals surface area (Å²) in [6.45, 7) is -0.548. The van der Waals surface area contributed by atoms with Crippen LogP contribution in [0.15, 0.2) is 60.7 Å². The number of fused-ring (bicyclic) bond motifs is 1. The number of nitro groups is 1. The van der Waals surface area contributed by atoms with Crippen LogP contribution in [0.25, 0.3) is 10.8 Å². The van der Waals surface area contributed by atoms with Crippen LogP contribution in [0.4, 0.5) is 11.4 Å². The van der Waals surface area contributed by atoms with Gasteiger partial charge in [0, 0.05) is 12.1 Å². The molecule has 8 nitrogen and oxygen atoms in total. The molecule has 0 aliphatic heterocycles. The van der Waals surface area contributed by atoms with Gasteiger partial charge in [-0.2, -0.15) is 0 Å². The van der Waals surface area contributed by atoms with Crippen molar-refractivity contribution in [3.8, 4) is 5.75 Å². The molecule has 0 heterocycles. The van der Waals surface area contributed by atoms with Crippen molar-refractivity contribution in [2.45, 2.75) is 0 Å². The summed E-state index contributed by atoms with van der Waals surface area (Å²) in [6.07, 6.45) is 0. The second-order valence-electron chi connectivity index (χ2n) is 5.79. The summed E-state index contributed by atoms with van der Waals surface area (Å²) in [4.78, 5) is 34.8. The van der Waals surface area contributed by atoms with Crippen LogP contribution >= 0.6 is 0 Å². The van der Waals surface area contributed by atoms with Gasteiger partial charge in [0.05, 0.1) is 23.3 Å². The molecule has 0 bridgehead atoms. The normalized spacial score (nSPS) is 10.3. The molecule has 3 rings (SSSR count). The summed E-state index contributed by atoms with van der Waals surface area (Å²) in [5.41, 5.74) is 0.255. The highest BCUT2D eigenvalue weighted by Crippen LogP contribution is 2.28. The van der Waals surface area contributed by atoms with Gasteiger partial charge in [-0.1, -0.05) is 36.4 Å². The van der Waals surface area contributed by atoms with E-state index in [0.29, 0.717) is 5.56 Å². The lowest BCUT2D eigenvalue weighted by Gasteiger charge is -2.11. The number of amides is 1. The summed E-state index contributed by atoms with van der Waals surface area (Å²) < 4.78 is 10.2. The van der Waals surface area contributed by atoms with Gasteiger partial charge in [0.2, 0.25) is 0 Å². The third kappa shape index (κ3) is 4.07. The fraction of sp³-hybridized carbons (Fsp3) is 0.100. The summed E-state index contributed by atoms with van der Waals surface area (Å²) in [5.74, 6) is -1.04. The van der Waals surface area contributed by atoms with E-state index in [9.17, 15) is 19.7 Å². The van der Waals surface area contributed by atoms with E-state index in [1.165, 1.54) is 25.3 Å². The van der Waals surface area contributed by atoms with Crippen LogP contribution in [0.2, 0.25) is 0 Å². The smallest absolute Gasteiger partial charge is 0.339 e. The summed E-state index contributed by atoms with van der Waals surface area (Å²) in [5, 5.41) is 15.0. The molecule has 0 saturated carbocycles. The first-order chi connectivity index (χ1) is 13.5. The van der Waals surface area contributed by atoms with Gasteiger partial charge in [0.15, 0.2) is 6.61 Å². The molecular formula is C20H16N2O6. The van der Waals surface area contributed by atoms with Gasteiger partial charge in [-0.25, -0.2) is 4.79 Å². The van der Waals surface area contributed by atoms with Crippen LogP contribution in [0, 0.1) is 10.1 Å². The van der Waals surface area contributed by atoms with Crippen LogP contribution in [-0.4, -0.2) is 30.5 Å². The summed E-state index contributed by atoms with van der Waals surface area (Å²) in [6, 6.07) is 16.3. The average molecular weight is 380 g/mol. The minimum absolute atomic E-state index is 0.114. The van der Waals surface area contributed by atoms with Gasteiger partial charge in [-0.15, -0.1) is 0 Å². The van der Waals surface area contributed by atoms with Crippen molar-refractivity contribution in [1.82, 2.24) is 0 Å². The van der Waals surface area contributed by atoms with E-state index < -0.39 is 23.4 Å². The Hall–Kier alpha value is -3.94. The number of carbonyl (C=O) groups is 2. The number of hydrogen-bond donors (Lipinski definition) is 1. The van der Waals surface area contributed by atoms with Gasteiger partial charge >= 0.3 is 5.97 Å². The Morgan fingerprint density at radius 2 is 1.82 bits per heavy atom. The highest BCUT2D eigenvalue weighted by atomic mass is 16.6. The standard InChI is InChI=1S/C20H16N2O6/c1-27-18-10-9-14(22(25)26)11-17(18)21-19(23)12-28-20(24)16-8-4-6-13-5-2-3-7-15(13)16/h2-11H,12H2,1H3,(H,21,23). The van der Waals surface area contributed by atoms with Crippen molar-refractivity contribution >= 4 is 34.0 Å². The number of hydrogen-bond acceptors (Lipinski definition) is 6. The first-order valence-corrected chi connectivity index (χ1v) is 8.27. The SMILES string of the molecule is COc1ccc([N+](=O)[O-])cc1NC(=O)COC(=O)c1cccc2ccccc12. The lowest BCUT2D eigenvalue weighted by molar-refractivity contribution is -0.384. The molecule has 0 aliphatic carbocycles. The zero-order chi connectivity index (χ0) is 20.1. The number of benzene rings is 3. The van der Waals surface area contributed by atoms with Gasteiger partial charge < -0.3 is 14.8 Å². The molecule has 0 aliphatic rings. The van der Waals surface area contributed by atoms with Crippen molar-refractivity contribution in [2.24, 2.45) is 0 Å². The highest BCUT2D eigenvalue weighted by Gasteiger charge is 2.16. The number of nitrogens with zero attached hydrogens (tertiary/aromatic N) is 1. The Labute approximate surface area is 159 Å². The third-order valence-electron chi connectivity index (χ3n) is 4.01. The zero-order valence-electron chi connectivity index (χ0n) is 14.9. The Morgan fingerprint density at radius 1 is 1.07 bits per heavy atom. The fourth-order valence-corrected chi connectivity index (χ4v) is 2.71. The molecule has 0 atom stereocenters. The van der Waals surface area contributed by atoms with Crippen molar-refractivity contribution in [1.29, 1.82) is 0 Å². The van der Waals surface area contributed by atoms with E-state index in [1.54, 1.807) is 24.3 Å². The third-order valence-corrected chi connectivity index (χ3v) is 4.01. The molecular weight excluding hydrogens is 364 g/mol. The lowest BCUT2D eigenvalue weighted by atomic mass is 10.1. The lowest BCUT2D eigenvalue weighted by Crippen LogP contribution is -2.21. The number of anilines is 1. The number of ether oxygens (including phenoxy) is 2. The Morgan fingerprint density at radius 3 is 2.57 bits per heavy atom. The van der Waals surface area contributed by atoms with E-state index in [4.69, 9.17) is 9.47 Å². The molecule has 28 heavy (non-hydrogen) atoms. The summed E-state index contributed by atoms with van der Waals surface area (Å²) >= 11 is 0. The molecule has 1 amide bonds. The number of carbonyl (C=O) groups excluding carboxylic acids is 2.